The zero-order chi connectivity index (χ0) is 11.3. The summed E-state index contributed by atoms with van der Waals surface area (Å²) < 4.78 is 0. The van der Waals surface area contributed by atoms with E-state index in [1.165, 1.54) is 0 Å². The van der Waals surface area contributed by atoms with Crippen LogP contribution in [-0.4, -0.2) is 18.0 Å². The number of hydrogen-bond donors (Lipinski definition) is 2. The van der Waals surface area contributed by atoms with Gasteiger partial charge in [0, 0.05) is 6.04 Å². The van der Waals surface area contributed by atoms with E-state index in [4.69, 9.17) is 5.73 Å². The molecule has 0 saturated heterocycles. The van der Waals surface area contributed by atoms with Crippen LogP contribution in [0.3, 0.4) is 0 Å². The van der Waals surface area contributed by atoms with Crippen LogP contribution in [0.2, 0.25) is 0 Å². The smallest absolute Gasteiger partial charge is 0.237 e. The maximum absolute atomic E-state index is 11.5. The number of carbonyl (C=O) groups excluding carboxylic acids is 1. The number of rotatable bonds is 5. The lowest BCUT2D eigenvalue weighted by atomic mass is 10.0. The van der Waals surface area contributed by atoms with E-state index in [1.807, 2.05) is 20.8 Å². The van der Waals surface area contributed by atoms with Gasteiger partial charge in [0.25, 0.3) is 0 Å². The second-order valence-corrected chi connectivity index (χ2v) is 4.81. The molecule has 0 aromatic rings. The highest BCUT2D eigenvalue weighted by Gasteiger charge is 2.18. The highest BCUT2D eigenvalue weighted by molar-refractivity contribution is 5.81. The number of hydrogen-bond acceptors (Lipinski definition) is 2. The van der Waals surface area contributed by atoms with E-state index in [0.29, 0.717) is 5.92 Å². The molecule has 0 aliphatic heterocycles. The molecule has 0 aliphatic rings. The molecule has 3 N–H and O–H groups in total. The Morgan fingerprint density at radius 1 is 1.21 bits per heavy atom. The topological polar surface area (TPSA) is 55.1 Å². The van der Waals surface area contributed by atoms with Crippen molar-refractivity contribution in [2.75, 3.05) is 0 Å². The van der Waals surface area contributed by atoms with Crippen LogP contribution in [0.1, 0.15) is 41.0 Å². The summed E-state index contributed by atoms with van der Waals surface area (Å²) in [4.78, 5) is 11.5. The first-order chi connectivity index (χ1) is 6.34. The Morgan fingerprint density at radius 3 is 2.07 bits per heavy atom. The first kappa shape index (κ1) is 13.4. The van der Waals surface area contributed by atoms with Crippen molar-refractivity contribution in [3.63, 3.8) is 0 Å². The number of nitrogens with one attached hydrogen (secondary N) is 1. The standard InChI is InChI=1S/C11H24N2O/c1-7(2)6-9(5)13-11(14)10(12)8(3)4/h7-10H,6,12H2,1-5H3,(H,13,14). The molecule has 3 heteroatoms. The van der Waals surface area contributed by atoms with E-state index in [-0.39, 0.29) is 23.9 Å². The molecule has 0 aromatic carbocycles. The van der Waals surface area contributed by atoms with Gasteiger partial charge >= 0.3 is 0 Å². The van der Waals surface area contributed by atoms with Gasteiger partial charge in [0.1, 0.15) is 0 Å². The minimum atomic E-state index is -0.385. The Labute approximate surface area is 87.4 Å². The SMILES string of the molecule is CC(C)CC(C)NC(=O)C(N)C(C)C. The van der Waals surface area contributed by atoms with Crippen LogP contribution in [0, 0.1) is 11.8 Å². The third-order valence-corrected chi connectivity index (χ3v) is 2.23. The van der Waals surface area contributed by atoms with E-state index >= 15 is 0 Å². The summed E-state index contributed by atoms with van der Waals surface area (Å²) in [6.07, 6.45) is 0.997. The van der Waals surface area contributed by atoms with Crippen LogP contribution in [0.15, 0.2) is 0 Å². The molecule has 0 fully saturated rings. The molecule has 0 bridgehead atoms. The summed E-state index contributed by atoms with van der Waals surface area (Å²) in [5.41, 5.74) is 5.73. The molecule has 0 radical (unpaired) electrons. The molecule has 0 aliphatic carbocycles. The third kappa shape index (κ3) is 5.22. The van der Waals surface area contributed by atoms with Crippen molar-refractivity contribution in [3.8, 4) is 0 Å². The molecule has 0 rings (SSSR count). The molecule has 0 spiro atoms. The monoisotopic (exact) mass is 200 g/mol. The van der Waals surface area contributed by atoms with Crippen molar-refractivity contribution >= 4 is 5.91 Å². The molecule has 2 atom stereocenters. The number of amides is 1. The molecule has 0 heterocycles. The lowest BCUT2D eigenvalue weighted by Crippen LogP contribution is -2.47. The predicted molar refractivity (Wildman–Crippen MR) is 59.9 cm³/mol. The lowest BCUT2D eigenvalue weighted by molar-refractivity contribution is -0.123. The van der Waals surface area contributed by atoms with E-state index in [0.717, 1.165) is 6.42 Å². The molecule has 0 aromatic heterocycles. The first-order valence-electron chi connectivity index (χ1n) is 5.40. The van der Waals surface area contributed by atoms with Gasteiger partial charge in [-0.1, -0.05) is 27.7 Å². The summed E-state index contributed by atoms with van der Waals surface area (Å²) in [6, 6.07) is -0.170. The fourth-order valence-corrected chi connectivity index (χ4v) is 1.41. The maximum atomic E-state index is 11.5. The van der Waals surface area contributed by atoms with Crippen molar-refractivity contribution in [2.24, 2.45) is 17.6 Å². The Balaban J connectivity index is 3.93. The predicted octanol–water partition coefficient (Wildman–Crippen LogP) is 1.52. The largest absolute Gasteiger partial charge is 0.352 e. The Hall–Kier alpha value is -0.570. The minimum absolute atomic E-state index is 0.0341. The summed E-state index contributed by atoms with van der Waals surface area (Å²) in [7, 11) is 0. The quantitative estimate of drug-likeness (QED) is 0.707. The van der Waals surface area contributed by atoms with Crippen LogP contribution in [-0.2, 0) is 4.79 Å². The molecule has 3 nitrogen and oxygen atoms in total. The van der Waals surface area contributed by atoms with Gasteiger partial charge < -0.3 is 11.1 Å². The Bertz CT molecular complexity index is 178. The van der Waals surface area contributed by atoms with Crippen molar-refractivity contribution in [1.82, 2.24) is 5.32 Å². The van der Waals surface area contributed by atoms with Crippen LogP contribution in [0.4, 0.5) is 0 Å². The molecule has 0 saturated carbocycles. The summed E-state index contributed by atoms with van der Waals surface area (Å²) in [5, 5.41) is 2.93. The second kappa shape index (κ2) is 6.02. The molecule has 14 heavy (non-hydrogen) atoms. The molecule has 84 valence electrons. The molecular formula is C11H24N2O. The Morgan fingerprint density at radius 2 is 1.71 bits per heavy atom. The Kier molecular flexibility index (Phi) is 5.77. The van der Waals surface area contributed by atoms with Gasteiger partial charge in [-0.2, -0.15) is 0 Å². The number of nitrogens with two attached hydrogens (primary N) is 1. The molecular weight excluding hydrogens is 176 g/mol. The van der Waals surface area contributed by atoms with Gasteiger partial charge in [0.15, 0.2) is 0 Å². The second-order valence-electron chi connectivity index (χ2n) is 4.81. The fraction of sp³-hybridized carbons (Fsp3) is 0.909. The minimum Gasteiger partial charge on any atom is -0.352 e. The van der Waals surface area contributed by atoms with E-state index < -0.39 is 0 Å². The average Bonchev–Trinajstić information content (AvgIpc) is 2.00. The normalized spacial score (nSPS) is 15.7. The average molecular weight is 200 g/mol. The van der Waals surface area contributed by atoms with Gasteiger partial charge in [-0.25, -0.2) is 0 Å². The van der Waals surface area contributed by atoms with Crippen molar-refractivity contribution in [3.05, 3.63) is 0 Å². The van der Waals surface area contributed by atoms with Gasteiger partial charge in [-0.15, -0.1) is 0 Å². The van der Waals surface area contributed by atoms with Gasteiger partial charge in [0.2, 0.25) is 5.91 Å². The van der Waals surface area contributed by atoms with Crippen molar-refractivity contribution < 1.29 is 4.79 Å². The zero-order valence-corrected chi connectivity index (χ0v) is 10.0. The third-order valence-electron chi connectivity index (χ3n) is 2.23. The summed E-state index contributed by atoms with van der Waals surface area (Å²) in [6.45, 7) is 10.2. The van der Waals surface area contributed by atoms with Gasteiger partial charge in [0.05, 0.1) is 6.04 Å². The zero-order valence-electron chi connectivity index (χ0n) is 10.0. The van der Waals surface area contributed by atoms with Crippen LogP contribution >= 0.6 is 0 Å². The van der Waals surface area contributed by atoms with Crippen molar-refractivity contribution in [2.45, 2.75) is 53.1 Å². The molecule has 2 unspecified atom stereocenters. The summed E-state index contributed by atoms with van der Waals surface area (Å²) >= 11 is 0. The number of carbonyl (C=O) groups is 1. The van der Waals surface area contributed by atoms with Crippen LogP contribution < -0.4 is 11.1 Å². The van der Waals surface area contributed by atoms with E-state index in [2.05, 4.69) is 19.2 Å². The highest BCUT2D eigenvalue weighted by Crippen LogP contribution is 2.05. The highest BCUT2D eigenvalue weighted by atomic mass is 16.2. The maximum Gasteiger partial charge on any atom is 0.237 e. The van der Waals surface area contributed by atoms with Crippen molar-refractivity contribution in [1.29, 1.82) is 0 Å². The lowest BCUT2D eigenvalue weighted by Gasteiger charge is -2.20. The van der Waals surface area contributed by atoms with Crippen LogP contribution in [0.25, 0.3) is 0 Å². The fourth-order valence-electron chi connectivity index (χ4n) is 1.41. The van der Waals surface area contributed by atoms with Gasteiger partial charge in [-0.3, -0.25) is 4.79 Å². The van der Waals surface area contributed by atoms with E-state index in [1.54, 1.807) is 0 Å². The first-order valence-corrected chi connectivity index (χ1v) is 5.40. The van der Waals surface area contributed by atoms with E-state index in [9.17, 15) is 4.79 Å². The van der Waals surface area contributed by atoms with Crippen LogP contribution in [0.5, 0.6) is 0 Å². The van der Waals surface area contributed by atoms with Gasteiger partial charge in [-0.05, 0) is 25.2 Å². The summed E-state index contributed by atoms with van der Waals surface area (Å²) in [5.74, 6) is 0.759. The molecule has 1 amide bonds.